The number of hydrogen-bond acceptors (Lipinski definition) is 5. The van der Waals surface area contributed by atoms with Gasteiger partial charge in [-0.2, -0.15) is 0 Å². The highest BCUT2D eigenvalue weighted by atomic mass is 16.5. The van der Waals surface area contributed by atoms with Crippen LogP contribution in [0.2, 0.25) is 0 Å². The normalized spacial score (nSPS) is 11.2. The minimum Gasteiger partial charge on any atom is -0.461 e. The monoisotopic (exact) mass is 349 g/mol. The van der Waals surface area contributed by atoms with Crippen LogP contribution in [0.15, 0.2) is 18.2 Å². The van der Waals surface area contributed by atoms with E-state index in [0.717, 1.165) is 12.8 Å². The highest BCUT2D eigenvalue weighted by molar-refractivity contribution is 5.91. The summed E-state index contributed by atoms with van der Waals surface area (Å²) in [7, 11) is 0. The molecule has 0 saturated carbocycles. The first-order chi connectivity index (χ1) is 11.8. The van der Waals surface area contributed by atoms with Gasteiger partial charge in [0, 0.05) is 0 Å². The second kappa shape index (κ2) is 10.9. The summed E-state index contributed by atoms with van der Waals surface area (Å²) in [6, 6.07) is 4.70. The number of esters is 2. The van der Waals surface area contributed by atoms with Gasteiger partial charge < -0.3 is 9.47 Å². The van der Waals surface area contributed by atoms with E-state index < -0.39 is 11.9 Å². The van der Waals surface area contributed by atoms with E-state index in [0.29, 0.717) is 13.2 Å². The molecule has 1 aromatic heterocycles. The predicted octanol–water partition coefficient (Wildman–Crippen LogP) is 4.80. The van der Waals surface area contributed by atoms with Crippen LogP contribution in [0.3, 0.4) is 0 Å². The molecular weight excluding hydrogens is 318 g/mol. The van der Waals surface area contributed by atoms with Crippen molar-refractivity contribution in [2.75, 3.05) is 13.2 Å². The zero-order valence-corrected chi connectivity index (χ0v) is 16.0. The lowest BCUT2D eigenvalue weighted by Gasteiger charge is -2.17. The van der Waals surface area contributed by atoms with Gasteiger partial charge in [0.05, 0.1) is 13.2 Å². The van der Waals surface area contributed by atoms with Gasteiger partial charge in [0.15, 0.2) is 0 Å². The van der Waals surface area contributed by atoms with Gasteiger partial charge in [-0.05, 0) is 24.0 Å². The van der Waals surface area contributed by atoms with Crippen LogP contribution in [0.25, 0.3) is 0 Å². The van der Waals surface area contributed by atoms with E-state index in [1.54, 1.807) is 12.1 Å². The molecule has 0 amide bonds. The standard InChI is InChI=1S/C20H31NO4/c1-5-6-7-8-9-10-14-24-18(22)16-12-11-13-17(21-16)19(23)25-15-20(2,3)4/h11-13H,5-10,14-15H2,1-4H3. The SMILES string of the molecule is CCCCCCCCOC(=O)c1cccc(C(=O)OCC(C)(C)C)n1. The number of unbranched alkanes of at least 4 members (excludes halogenated alkanes) is 5. The average Bonchev–Trinajstić information content (AvgIpc) is 2.58. The summed E-state index contributed by atoms with van der Waals surface area (Å²) in [4.78, 5) is 28.1. The van der Waals surface area contributed by atoms with Gasteiger partial charge in [-0.25, -0.2) is 14.6 Å². The fraction of sp³-hybridized carbons (Fsp3) is 0.650. The second-order valence-electron chi connectivity index (χ2n) is 7.45. The predicted molar refractivity (Wildman–Crippen MR) is 97.6 cm³/mol. The summed E-state index contributed by atoms with van der Waals surface area (Å²) in [5.41, 5.74) is 0.137. The van der Waals surface area contributed by atoms with E-state index >= 15 is 0 Å². The quantitative estimate of drug-likeness (QED) is 0.448. The van der Waals surface area contributed by atoms with Gasteiger partial charge in [0.1, 0.15) is 11.4 Å². The summed E-state index contributed by atoms with van der Waals surface area (Å²) >= 11 is 0. The number of rotatable bonds is 10. The smallest absolute Gasteiger partial charge is 0.356 e. The average molecular weight is 349 g/mol. The minimum atomic E-state index is -0.527. The summed E-state index contributed by atoms with van der Waals surface area (Å²) in [6.07, 6.45) is 6.77. The number of nitrogens with zero attached hydrogens (tertiary/aromatic N) is 1. The van der Waals surface area contributed by atoms with E-state index in [2.05, 4.69) is 11.9 Å². The van der Waals surface area contributed by atoms with Crippen LogP contribution >= 0.6 is 0 Å². The molecule has 0 N–H and O–H groups in total. The van der Waals surface area contributed by atoms with Crippen molar-refractivity contribution < 1.29 is 19.1 Å². The molecule has 0 saturated heterocycles. The Morgan fingerprint density at radius 1 is 0.920 bits per heavy atom. The number of pyridine rings is 1. The van der Waals surface area contributed by atoms with Crippen molar-refractivity contribution in [3.8, 4) is 0 Å². The minimum absolute atomic E-state index is 0.122. The third-order valence-electron chi connectivity index (χ3n) is 3.53. The van der Waals surface area contributed by atoms with Gasteiger partial charge in [0.25, 0.3) is 0 Å². The molecule has 0 aliphatic rings. The molecule has 140 valence electrons. The zero-order chi connectivity index (χ0) is 18.7. The first-order valence-corrected chi connectivity index (χ1v) is 9.15. The summed E-state index contributed by atoms with van der Waals surface area (Å²) in [5, 5.41) is 0. The largest absolute Gasteiger partial charge is 0.461 e. The lowest BCUT2D eigenvalue weighted by Crippen LogP contribution is -2.19. The number of aromatic nitrogens is 1. The van der Waals surface area contributed by atoms with Crippen molar-refractivity contribution in [2.24, 2.45) is 5.41 Å². The van der Waals surface area contributed by atoms with E-state index in [9.17, 15) is 9.59 Å². The lowest BCUT2D eigenvalue weighted by molar-refractivity contribution is 0.0359. The fourth-order valence-electron chi connectivity index (χ4n) is 2.14. The highest BCUT2D eigenvalue weighted by Crippen LogP contribution is 2.14. The van der Waals surface area contributed by atoms with Crippen molar-refractivity contribution in [1.82, 2.24) is 4.98 Å². The fourth-order valence-corrected chi connectivity index (χ4v) is 2.14. The first-order valence-electron chi connectivity index (χ1n) is 9.15. The zero-order valence-electron chi connectivity index (χ0n) is 16.0. The lowest BCUT2D eigenvalue weighted by atomic mass is 9.99. The van der Waals surface area contributed by atoms with Gasteiger partial charge >= 0.3 is 11.9 Å². The Morgan fingerprint density at radius 3 is 2.08 bits per heavy atom. The van der Waals surface area contributed by atoms with Crippen LogP contribution in [-0.2, 0) is 9.47 Å². The Bertz CT molecular complexity index is 549. The van der Waals surface area contributed by atoms with Gasteiger partial charge in [-0.3, -0.25) is 0 Å². The van der Waals surface area contributed by atoms with E-state index in [1.807, 2.05) is 20.8 Å². The second-order valence-corrected chi connectivity index (χ2v) is 7.45. The van der Waals surface area contributed by atoms with Crippen LogP contribution in [0.4, 0.5) is 0 Å². The molecule has 0 aromatic carbocycles. The van der Waals surface area contributed by atoms with E-state index in [-0.39, 0.29) is 16.8 Å². The maximum Gasteiger partial charge on any atom is 0.356 e. The summed E-state index contributed by atoms with van der Waals surface area (Å²) in [5.74, 6) is -1.03. The highest BCUT2D eigenvalue weighted by Gasteiger charge is 2.17. The molecule has 5 heteroatoms. The Balaban J connectivity index is 2.43. The van der Waals surface area contributed by atoms with Crippen LogP contribution < -0.4 is 0 Å². The van der Waals surface area contributed by atoms with Crippen molar-refractivity contribution in [2.45, 2.75) is 66.2 Å². The molecule has 1 heterocycles. The number of carbonyl (C=O) groups excluding carboxylic acids is 2. The van der Waals surface area contributed by atoms with Crippen LogP contribution in [-0.4, -0.2) is 30.1 Å². The topological polar surface area (TPSA) is 65.5 Å². The van der Waals surface area contributed by atoms with Gasteiger partial charge in [-0.15, -0.1) is 0 Å². The Hall–Kier alpha value is -1.91. The van der Waals surface area contributed by atoms with Crippen LogP contribution in [0.1, 0.15) is 87.2 Å². The Labute approximate surface area is 151 Å². The maximum atomic E-state index is 12.0. The molecule has 0 bridgehead atoms. The third kappa shape index (κ3) is 9.22. The summed E-state index contributed by atoms with van der Waals surface area (Å²) in [6.45, 7) is 8.78. The molecule has 0 radical (unpaired) electrons. The van der Waals surface area contributed by atoms with Crippen LogP contribution in [0.5, 0.6) is 0 Å². The number of ether oxygens (including phenoxy) is 2. The van der Waals surface area contributed by atoms with Crippen molar-refractivity contribution in [3.05, 3.63) is 29.6 Å². The molecule has 0 unspecified atom stereocenters. The molecule has 1 aromatic rings. The summed E-state index contributed by atoms with van der Waals surface area (Å²) < 4.78 is 10.4. The number of carbonyl (C=O) groups is 2. The van der Waals surface area contributed by atoms with E-state index in [1.165, 1.54) is 31.7 Å². The van der Waals surface area contributed by atoms with Crippen molar-refractivity contribution >= 4 is 11.9 Å². The Morgan fingerprint density at radius 2 is 1.48 bits per heavy atom. The maximum absolute atomic E-state index is 12.0. The first kappa shape index (κ1) is 21.1. The van der Waals surface area contributed by atoms with Crippen LogP contribution in [0, 0.1) is 5.41 Å². The van der Waals surface area contributed by atoms with Gasteiger partial charge in [0.2, 0.25) is 0 Å². The molecule has 0 atom stereocenters. The number of hydrogen-bond donors (Lipinski definition) is 0. The molecule has 1 rings (SSSR count). The molecule has 0 aliphatic carbocycles. The van der Waals surface area contributed by atoms with Crippen molar-refractivity contribution in [1.29, 1.82) is 0 Å². The molecule has 5 nitrogen and oxygen atoms in total. The molecule has 0 fully saturated rings. The molecule has 25 heavy (non-hydrogen) atoms. The molecule has 0 spiro atoms. The van der Waals surface area contributed by atoms with E-state index in [4.69, 9.17) is 9.47 Å². The molecule has 0 aliphatic heterocycles. The van der Waals surface area contributed by atoms with Gasteiger partial charge in [-0.1, -0.05) is 65.9 Å². The molecular formula is C20H31NO4. The Kier molecular flexibility index (Phi) is 9.17. The third-order valence-corrected chi connectivity index (χ3v) is 3.53. The van der Waals surface area contributed by atoms with Crippen molar-refractivity contribution in [3.63, 3.8) is 0 Å².